The number of aromatic nitrogens is 4. The summed E-state index contributed by atoms with van der Waals surface area (Å²) in [4.78, 5) is 13.6. The van der Waals surface area contributed by atoms with Crippen LogP contribution in [0.2, 0.25) is 10.0 Å². The SMILES string of the molecule is COc1ccc(NC(=S)NCCNC(=O)Cn2nnc(-c3ccccc3Oc3ccc(Cl)cc3Cl)n2)cc1. The molecule has 1 aromatic heterocycles. The Labute approximate surface area is 234 Å². The van der Waals surface area contributed by atoms with Gasteiger partial charge in [0, 0.05) is 23.8 Å². The quantitative estimate of drug-likeness (QED) is 0.186. The van der Waals surface area contributed by atoms with Crippen molar-refractivity contribution in [1.29, 1.82) is 0 Å². The summed E-state index contributed by atoms with van der Waals surface area (Å²) in [7, 11) is 1.61. The maximum absolute atomic E-state index is 12.3. The molecule has 0 bridgehead atoms. The number of tetrazole rings is 1. The molecule has 0 unspecified atom stereocenters. The van der Waals surface area contributed by atoms with Gasteiger partial charge in [0.25, 0.3) is 0 Å². The van der Waals surface area contributed by atoms with Crippen molar-refractivity contribution in [1.82, 2.24) is 30.8 Å². The van der Waals surface area contributed by atoms with Crippen molar-refractivity contribution < 1.29 is 14.3 Å². The normalized spacial score (nSPS) is 10.5. The van der Waals surface area contributed by atoms with Crippen LogP contribution in [0.4, 0.5) is 5.69 Å². The zero-order chi connectivity index (χ0) is 26.9. The van der Waals surface area contributed by atoms with Gasteiger partial charge in [0.2, 0.25) is 11.7 Å². The van der Waals surface area contributed by atoms with Gasteiger partial charge in [-0.3, -0.25) is 4.79 Å². The average Bonchev–Trinajstić information content (AvgIpc) is 3.37. The van der Waals surface area contributed by atoms with Gasteiger partial charge in [0.1, 0.15) is 23.8 Å². The molecule has 1 amide bonds. The van der Waals surface area contributed by atoms with Crippen LogP contribution < -0.4 is 25.4 Å². The van der Waals surface area contributed by atoms with Crippen LogP contribution in [0.1, 0.15) is 0 Å². The third-order valence-corrected chi connectivity index (χ3v) is 5.84. The molecule has 3 aromatic carbocycles. The first-order chi connectivity index (χ1) is 18.4. The number of methoxy groups -OCH3 is 1. The average molecular weight is 572 g/mol. The molecule has 38 heavy (non-hydrogen) atoms. The summed E-state index contributed by atoms with van der Waals surface area (Å²) in [5, 5.41) is 22.6. The minimum absolute atomic E-state index is 0.104. The summed E-state index contributed by atoms with van der Waals surface area (Å²) in [6.45, 7) is 0.679. The van der Waals surface area contributed by atoms with Gasteiger partial charge in [-0.15, -0.1) is 10.2 Å². The number of hydrogen-bond acceptors (Lipinski definition) is 7. The predicted octanol–water partition coefficient (Wildman–Crippen LogP) is 4.55. The molecule has 196 valence electrons. The van der Waals surface area contributed by atoms with Crippen molar-refractivity contribution in [2.45, 2.75) is 6.54 Å². The summed E-state index contributed by atoms with van der Waals surface area (Å²) in [5.74, 6) is 1.69. The molecule has 3 N–H and O–H groups in total. The number of carbonyl (C=O) groups is 1. The van der Waals surface area contributed by atoms with Crippen LogP contribution in [0, 0.1) is 0 Å². The molecular formula is C25H23Cl2N7O3S. The Balaban J connectivity index is 1.26. The van der Waals surface area contributed by atoms with E-state index < -0.39 is 0 Å². The number of hydrogen-bond donors (Lipinski definition) is 3. The summed E-state index contributed by atoms with van der Waals surface area (Å²) < 4.78 is 11.1. The van der Waals surface area contributed by atoms with E-state index in [1.807, 2.05) is 36.4 Å². The molecule has 4 aromatic rings. The monoisotopic (exact) mass is 571 g/mol. The van der Waals surface area contributed by atoms with Crippen LogP contribution >= 0.6 is 35.4 Å². The van der Waals surface area contributed by atoms with E-state index in [9.17, 15) is 4.79 Å². The van der Waals surface area contributed by atoms with Crippen molar-refractivity contribution in [2.24, 2.45) is 0 Å². The fourth-order valence-corrected chi connectivity index (χ4v) is 3.91. The smallest absolute Gasteiger partial charge is 0.243 e. The van der Waals surface area contributed by atoms with Gasteiger partial charge in [-0.2, -0.15) is 4.80 Å². The van der Waals surface area contributed by atoms with E-state index in [-0.39, 0.29) is 12.5 Å². The van der Waals surface area contributed by atoms with Gasteiger partial charge in [-0.1, -0.05) is 35.3 Å². The molecule has 0 radical (unpaired) electrons. The molecule has 0 saturated heterocycles. The van der Waals surface area contributed by atoms with E-state index in [4.69, 9.17) is 44.9 Å². The van der Waals surface area contributed by atoms with Gasteiger partial charge >= 0.3 is 0 Å². The number of amides is 1. The first-order valence-corrected chi connectivity index (χ1v) is 12.5. The zero-order valence-electron chi connectivity index (χ0n) is 20.1. The van der Waals surface area contributed by atoms with Crippen LogP contribution in [0.25, 0.3) is 11.4 Å². The highest BCUT2D eigenvalue weighted by atomic mass is 35.5. The molecule has 0 aliphatic rings. The maximum Gasteiger partial charge on any atom is 0.243 e. The fraction of sp³-hybridized carbons (Fsp3) is 0.160. The van der Waals surface area contributed by atoms with Crippen LogP contribution in [0.5, 0.6) is 17.2 Å². The van der Waals surface area contributed by atoms with E-state index in [2.05, 4.69) is 31.4 Å². The second-order valence-electron chi connectivity index (χ2n) is 7.78. The molecule has 0 spiro atoms. The lowest BCUT2D eigenvalue weighted by Crippen LogP contribution is -2.38. The summed E-state index contributed by atoms with van der Waals surface area (Å²) >= 11 is 17.5. The van der Waals surface area contributed by atoms with Crippen molar-refractivity contribution in [3.63, 3.8) is 0 Å². The molecule has 4 rings (SSSR count). The first-order valence-electron chi connectivity index (χ1n) is 11.4. The topological polar surface area (TPSA) is 115 Å². The maximum atomic E-state index is 12.3. The van der Waals surface area contributed by atoms with Crippen molar-refractivity contribution >= 4 is 52.1 Å². The number of benzene rings is 3. The number of anilines is 1. The number of rotatable bonds is 10. The molecular weight excluding hydrogens is 549 g/mol. The molecule has 0 aliphatic carbocycles. The third kappa shape index (κ3) is 7.54. The van der Waals surface area contributed by atoms with Crippen molar-refractivity contribution in [3.05, 3.63) is 76.8 Å². The number of halogens is 2. The summed E-state index contributed by atoms with van der Waals surface area (Å²) in [5.41, 5.74) is 1.41. The van der Waals surface area contributed by atoms with E-state index in [0.717, 1.165) is 11.4 Å². The lowest BCUT2D eigenvalue weighted by atomic mass is 10.2. The van der Waals surface area contributed by atoms with Gasteiger partial charge in [0.05, 0.1) is 17.7 Å². The van der Waals surface area contributed by atoms with E-state index in [1.165, 1.54) is 4.80 Å². The Morgan fingerprint density at radius 3 is 2.53 bits per heavy atom. The highest BCUT2D eigenvalue weighted by Gasteiger charge is 2.15. The lowest BCUT2D eigenvalue weighted by Gasteiger charge is -2.11. The van der Waals surface area contributed by atoms with E-state index >= 15 is 0 Å². The van der Waals surface area contributed by atoms with Gasteiger partial charge in [0.15, 0.2) is 5.11 Å². The number of nitrogens with zero attached hydrogens (tertiary/aromatic N) is 4. The minimum Gasteiger partial charge on any atom is -0.497 e. The molecule has 0 fully saturated rings. The number of carbonyl (C=O) groups excluding carboxylic acids is 1. The van der Waals surface area contributed by atoms with Crippen LogP contribution in [-0.4, -0.2) is 51.4 Å². The largest absolute Gasteiger partial charge is 0.497 e. The van der Waals surface area contributed by atoms with Gasteiger partial charge in [-0.05, 0) is 72.0 Å². The Kier molecular flexibility index (Phi) is 9.30. The first kappa shape index (κ1) is 27.1. The second kappa shape index (κ2) is 13.0. The highest BCUT2D eigenvalue weighted by Crippen LogP contribution is 2.35. The van der Waals surface area contributed by atoms with Gasteiger partial charge in [-0.25, -0.2) is 0 Å². The van der Waals surface area contributed by atoms with Crippen LogP contribution in [-0.2, 0) is 11.3 Å². The fourth-order valence-electron chi connectivity index (χ4n) is 3.25. The Morgan fingerprint density at radius 2 is 1.76 bits per heavy atom. The minimum atomic E-state index is -0.276. The number of ether oxygens (including phenoxy) is 2. The number of nitrogens with one attached hydrogen (secondary N) is 3. The molecule has 13 heteroatoms. The van der Waals surface area contributed by atoms with Crippen molar-refractivity contribution in [2.75, 3.05) is 25.5 Å². The predicted molar refractivity (Wildman–Crippen MR) is 150 cm³/mol. The lowest BCUT2D eigenvalue weighted by molar-refractivity contribution is -0.122. The Morgan fingerprint density at radius 1 is 1.00 bits per heavy atom. The molecule has 10 nitrogen and oxygen atoms in total. The molecule has 0 saturated carbocycles. The van der Waals surface area contributed by atoms with E-state index in [1.54, 1.807) is 37.4 Å². The molecule has 1 heterocycles. The summed E-state index contributed by atoms with van der Waals surface area (Å²) in [6, 6.07) is 19.5. The zero-order valence-corrected chi connectivity index (χ0v) is 22.5. The second-order valence-corrected chi connectivity index (χ2v) is 9.03. The highest BCUT2D eigenvalue weighted by molar-refractivity contribution is 7.80. The van der Waals surface area contributed by atoms with E-state index in [0.29, 0.717) is 51.1 Å². The van der Waals surface area contributed by atoms with Gasteiger partial charge < -0.3 is 25.4 Å². The number of para-hydroxylation sites is 1. The standard InChI is InChI=1S/C25H23Cl2N7O3S/c1-36-18-9-7-17(8-10-18)30-25(38)29-13-12-28-23(35)15-34-32-24(31-33-34)19-4-2-3-5-21(19)37-22-11-6-16(26)14-20(22)27/h2-11,14H,12-13,15H2,1H3,(H,28,35)(H2,29,30,38). The Bertz CT molecular complexity index is 1420. The van der Waals surface area contributed by atoms with Crippen molar-refractivity contribution in [3.8, 4) is 28.6 Å². The molecule has 0 atom stereocenters. The Hall–Kier alpha value is -3.93. The van der Waals surface area contributed by atoms with Crippen LogP contribution in [0.15, 0.2) is 66.7 Å². The van der Waals surface area contributed by atoms with Crippen LogP contribution in [0.3, 0.4) is 0 Å². The summed E-state index contributed by atoms with van der Waals surface area (Å²) in [6.07, 6.45) is 0. The molecule has 0 aliphatic heterocycles. The number of thiocarbonyl (C=S) groups is 1. The third-order valence-electron chi connectivity index (χ3n) is 5.06.